The molecule has 19 heavy (non-hydrogen) atoms. The van der Waals surface area contributed by atoms with Gasteiger partial charge in [0.25, 0.3) is 0 Å². The predicted octanol–water partition coefficient (Wildman–Crippen LogP) is 2.99. The van der Waals surface area contributed by atoms with Gasteiger partial charge in [-0.2, -0.15) is 11.8 Å². The van der Waals surface area contributed by atoms with Crippen molar-refractivity contribution in [1.29, 1.82) is 0 Å². The Morgan fingerprint density at radius 3 is 2.84 bits per heavy atom. The Balaban J connectivity index is 1.76. The minimum atomic E-state index is 0.677. The molecule has 0 aromatic heterocycles. The van der Waals surface area contributed by atoms with E-state index in [0.717, 1.165) is 6.54 Å². The Hall–Kier alpha value is -0.510. The van der Waals surface area contributed by atoms with Crippen LogP contribution in [-0.4, -0.2) is 42.1 Å². The lowest BCUT2D eigenvalue weighted by atomic mass is 10.2. The molecule has 1 aromatic rings. The zero-order valence-electron chi connectivity index (χ0n) is 12.1. The van der Waals surface area contributed by atoms with Crippen LogP contribution in [-0.2, 0) is 6.54 Å². The van der Waals surface area contributed by atoms with Gasteiger partial charge in [0.1, 0.15) is 0 Å². The molecule has 0 bridgehead atoms. The smallest absolute Gasteiger partial charge is 0.0234 e. The molecule has 1 fully saturated rings. The van der Waals surface area contributed by atoms with E-state index < -0.39 is 0 Å². The highest BCUT2D eigenvalue weighted by Gasteiger charge is 2.23. The largest absolute Gasteiger partial charge is 0.309 e. The molecule has 2 nitrogen and oxygen atoms in total. The van der Waals surface area contributed by atoms with E-state index in [9.17, 15) is 0 Å². The van der Waals surface area contributed by atoms with Crippen molar-refractivity contribution in [3.63, 3.8) is 0 Å². The molecule has 0 saturated carbocycles. The van der Waals surface area contributed by atoms with Crippen molar-refractivity contribution >= 4 is 11.8 Å². The number of likely N-dealkylation sites (tertiary alicyclic amines) is 1. The Morgan fingerprint density at radius 1 is 1.37 bits per heavy atom. The molecular formula is C16H26N2S. The topological polar surface area (TPSA) is 15.3 Å². The van der Waals surface area contributed by atoms with Gasteiger partial charge in [-0.3, -0.25) is 4.90 Å². The molecule has 2 atom stereocenters. The number of hydrogen-bond donors (Lipinski definition) is 1. The van der Waals surface area contributed by atoms with Crippen molar-refractivity contribution < 1.29 is 0 Å². The van der Waals surface area contributed by atoms with Crippen LogP contribution in [0.1, 0.15) is 25.3 Å². The number of nitrogens with one attached hydrogen (secondary N) is 1. The van der Waals surface area contributed by atoms with Crippen LogP contribution in [0.15, 0.2) is 30.3 Å². The first kappa shape index (κ1) is 14.9. The molecule has 1 heterocycles. The molecular weight excluding hydrogens is 252 g/mol. The van der Waals surface area contributed by atoms with Gasteiger partial charge in [0.05, 0.1) is 0 Å². The minimum Gasteiger partial charge on any atom is -0.309 e. The fraction of sp³-hybridized carbons (Fsp3) is 0.625. The Kier molecular flexibility index (Phi) is 6.21. The number of hydrogen-bond acceptors (Lipinski definition) is 3. The summed E-state index contributed by atoms with van der Waals surface area (Å²) < 4.78 is 0. The Labute approximate surface area is 122 Å². The van der Waals surface area contributed by atoms with Gasteiger partial charge < -0.3 is 5.32 Å². The van der Waals surface area contributed by atoms with E-state index in [1.807, 2.05) is 11.8 Å². The molecule has 0 amide bonds. The van der Waals surface area contributed by atoms with Gasteiger partial charge in [0.15, 0.2) is 0 Å². The summed E-state index contributed by atoms with van der Waals surface area (Å²) in [6, 6.07) is 12.2. The third-order valence-corrected chi connectivity index (χ3v) is 4.59. The van der Waals surface area contributed by atoms with Crippen molar-refractivity contribution in [2.75, 3.05) is 25.1 Å². The zero-order chi connectivity index (χ0) is 13.5. The fourth-order valence-electron chi connectivity index (χ4n) is 2.77. The van der Waals surface area contributed by atoms with Crippen LogP contribution in [0.4, 0.5) is 0 Å². The summed E-state index contributed by atoms with van der Waals surface area (Å²) in [5.74, 6) is 1.23. The zero-order valence-corrected chi connectivity index (χ0v) is 13.0. The third kappa shape index (κ3) is 4.83. The summed E-state index contributed by atoms with van der Waals surface area (Å²) in [6.07, 6.45) is 4.72. The second-order valence-electron chi connectivity index (χ2n) is 5.43. The van der Waals surface area contributed by atoms with E-state index in [0.29, 0.717) is 12.1 Å². The molecule has 1 aliphatic rings. The summed E-state index contributed by atoms with van der Waals surface area (Å²) in [4.78, 5) is 2.57. The fourth-order valence-corrected chi connectivity index (χ4v) is 3.51. The first-order valence-corrected chi connectivity index (χ1v) is 8.72. The molecule has 1 N–H and O–H groups in total. The minimum absolute atomic E-state index is 0.677. The lowest BCUT2D eigenvalue weighted by Gasteiger charge is -2.22. The van der Waals surface area contributed by atoms with E-state index in [1.165, 1.54) is 37.2 Å². The van der Waals surface area contributed by atoms with Crippen molar-refractivity contribution in [3.05, 3.63) is 35.9 Å². The summed E-state index contributed by atoms with van der Waals surface area (Å²) >= 11 is 1.94. The maximum Gasteiger partial charge on any atom is 0.0234 e. The van der Waals surface area contributed by atoms with E-state index in [-0.39, 0.29) is 0 Å². The van der Waals surface area contributed by atoms with E-state index in [2.05, 4.69) is 53.7 Å². The van der Waals surface area contributed by atoms with Gasteiger partial charge in [-0.25, -0.2) is 0 Å². The first-order valence-electron chi connectivity index (χ1n) is 7.33. The van der Waals surface area contributed by atoms with Crippen LogP contribution in [0, 0.1) is 0 Å². The van der Waals surface area contributed by atoms with E-state index in [4.69, 9.17) is 0 Å². The second-order valence-corrected chi connectivity index (χ2v) is 6.34. The van der Waals surface area contributed by atoms with E-state index >= 15 is 0 Å². The molecule has 2 rings (SSSR count). The SMILES string of the molecule is CCC(CSC)NC1CCN(Cc2ccccc2)C1. The van der Waals surface area contributed by atoms with Crippen LogP contribution >= 0.6 is 11.8 Å². The summed E-state index contributed by atoms with van der Waals surface area (Å²) in [7, 11) is 0. The molecule has 1 aliphatic heterocycles. The third-order valence-electron chi connectivity index (χ3n) is 3.85. The van der Waals surface area contributed by atoms with Gasteiger partial charge in [0, 0.05) is 37.5 Å². The normalized spacial score (nSPS) is 21.7. The van der Waals surface area contributed by atoms with Gasteiger partial charge in [-0.05, 0) is 24.7 Å². The highest BCUT2D eigenvalue weighted by atomic mass is 32.2. The maximum atomic E-state index is 3.82. The second kappa shape index (κ2) is 7.93. The Bertz CT molecular complexity index is 355. The molecule has 2 unspecified atom stereocenters. The molecule has 0 aliphatic carbocycles. The van der Waals surface area contributed by atoms with Crippen LogP contribution < -0.4 is 5.32 Å². The molecule has 3 heteroatoms. The number of rotatable bonds is 7. The lowest BCUT2D eigenvalue weighted by molar-refractivity contribution is 0.315. The van der Waals surface area contributed by atoms with Crippen molar-refractivity contribution in [2.24, 2.45) is 0 Å². The summed E-state index contributed by atoms with van der Waals surface area (Å²) in [5, 5.41) is 3.82. The van der Waals surface area contributed by atoms with Crippen LogP contribution in [0.5, 0.6) is 0 Å². The standard InChI is InChI=1S/C16H26N2S/c1-3-15(13-19-2)17-16-9-10-18(12-16)11-14-7-5-4-6-8-14/h4-8,15-17H,3,9-13H2,1-2H3. The van der Waals surface area contributed by atoms with Crippen LogP contribution in [0.25, 0.3) is 0 Å². The van der Waals surface area contributed by atoms with Crippen molar-refractivity contribution in [3.8, 4) is 0 Å². The van der Waals surface area contributed by atoms with Gasteiger partial charge in [-0.1, -0.05) is 37.3 Å². The monoisotopic (exact) mass is 278 g/mol. The molecule has 1 aromatic carbocycles. The summed E-state index contributed by atoms with van der Waals surface area (Å²) in [6.45, 7) is 5.80. The number of thioether (sulfide) groups is 1. The average Bonchev–Trinajstić information content (AvgIpc) is 2.86. The molecule has 0 radical (unpaired) electrons. The molecule has 0 spiro atoms. The van der Waals surface area contributed by atoms with Crippen LogP contribution in [0.3, 0.4) is 0 Å². The van der Waals surface area contributed by atoms with E-state index in [1.54, 1.807) is 0 Å². The van der Waals surface area contributed by atoms with Crippen LogP contribution in [0.2, 0.25) is 0 Å². The molecule has 1 saturated heterocycles. The van der Waals surface area contributed by atoms with Gasteiger partial charge in [0.2, 0.25) is 0 Å². The van der Waals surface area contributed by atoms with Crippen molar-refractivity contribution in [2.45, 2.75) is 38.4 Å². The summed E-state index contributed by atoms with van der Waals surface area (Å²) in [5.41, 5.74) is 1.43. The number of nitrogens with zero attached hydrogens (tertiary/aromatic N) is 1. The van der Waals surface area contributed by atoms with Gasteiger partial charge >= 0.3 is 0 Å². The van der Waals surface area contributed by atoms with Gasteiger partial charge in [-0.15, -0.1) is 0 Å². The van der Waals surface area contributed by atoms with Crippen molar-refractivity contribution in [1.82, 2.24) is 10.2 Å². The average molecular weight is 278 g/mol. The Morgan fingerprint density at radius 2 is 2.16 bits per heavy atom. The lowest BCUT2D eigenvalue weighted by Crippen LogP contribution is -2.41. The quantitative estimate of drug-likeness (QED) is 0.825. The first-order chi connectivity index (χ1) is 9.31. The highest BCUT2D eigenvalue weighted by Crippen LogP contribution is 2.15. The molecule has 106 valence electrons. The maximum absolute atomic E-state index is 3.82. The highest BCUT2D eigenvalue weighted by molar-refractivity contribution is 7.98. The predicted molar refractivity (Wildman–Crippen MR) is 85.7 cm³/mol. The number of benzene rings is 1.